The highest BCUT2D eigenvalue weighted by Crippen LogP contribution is 2.18. The molecule has 0 atom stereocenters. The Kier molecular flexibility index (Phi) is 5.75. The predicted molar refractivity (Wildman–Crippen MR) is 80.8 cm³/mol. The standard InChI is InChI=1S/C16H22FN3O/c1-3-7-18-10-13-4-5-16(15(17)9-13)21-8-6-14-11-19-20(2)12-14/h4-5,9,11-12,18H,3,6-8,10H2,1-2H3. The van der Waals surface area contributed by atoms with Gasteiger partial charge in [-0.3, -0.25) is 4.68 Å². The van der Waals surface area contributed by atoms with E-state index in [2.05, 4.69) is 17.3 Å². The van der Waals surface area contributed by atoms with Crippen LogP contribution >= 0.6 is 0 Å². The van der Waals surface area contributed by atoms with Crippen LogP contribution in [0.1, 0.15) is 24.5 Å². The minimum absolute atomic E-state index is 0.304. The average molecular weight is 291 g/mol. The van der Waals surface area contributed by atoms with Crippen molar-refractivity contribution in [3.05, 3.63) is 47.5 Å². The summed E-state index contributed by atoms with van der Waals surface area (Å²) in [6, 6.07) is 5.12. The van der Waals surface area contributed by atoms with Crippen LogP contribution in [0.4, 0.5) is 4.39 Å². The van der Waals surface area contributed by atoms with Gasteiger partial charge in [0.05, 0.1) is 12.8 Å². The highest BCUT2D eigenvalue weighted by atomic mass is 19.1. The highest BCUT2D eigenvalue weighted by Gasteiger charge is 2.05. The molecule has 0 aliphatic rings. The van der Waals surface area contributed by atoms with Crippen LogP contribution in [0.15, 0.2) is 30.6 Å². The average Bonchev–Trinajstić information content (AvgIpc) is 2.87. The number of nitrogens with zero attached hydrogens (tertiary/aromatic N) is 2. The van der Waals surface area contributed by atoms with Gasteiger partial charge < -0.3 is 10.1 Å². The topological polar surface area (TPSA) is 39.1 Å². The number of halogens is 1. The van der Waals surface area contributed by atoms with Crippen LogP contribution in [0.5, 0.6) is 5.75 Å². The van der Waals surface area contributed by atoms with Gasteiger partial charge in [0.15, 0.2) is 11.6 Å². The van der Waals surface area contributed by atoms with Crippen LogP contribution in [0.2, 0.25) is 0 Å². The van der Waals surface area contributed by atoms with Gasteiger partial charge >= 0.3 is 0 Å². The first-order chi connectivity index (χ1) is 10.2. The summed E-state index contributed by atoms with van der Waals surface area (Å²) in [4.78, 5) is 0. The number of hydrogen-bond acceptors (Lipinski definition) is 3. The van der Waals surface area contributed by atoms with Crippen molar-refractivity contribution < 1.29 is 9.13 Å². The van der Waals surface area contributed by atoms with Crippen LogP contribution in [0.3, 0.4) is 0 Å². The zero-order valence-corrected chi connectivity index (χ0v) is 12.6. The van der Waals surface area contributed by atoms with Crippen molar-refractivity contribution in [2.75, 3.05) is 13.2 Å². The molecule has 0 aliphatic heterocycles. The Morgan fingerprint density at radius 1 is 1.33 bits per heavy atom. The Hall–Kier alpha value is -1.88. The molecule has 5 heteroatoms. The Morgan fingerprint density at radius 2 is 2.19 bits per heavy atom. The minimum atomic E-state index is -0.308. The molecule has 0 unspecified atom stereocenters. The quantitative estimate of drug-likeness (QED) is 0.760. The van der Waals surface area contributed by atoms with Crippen molar-refractivity contribution in [2.45, 2.75) is 26.3 Å². The largest absolute Gasteiger partial charge is 0.490 e. The number of ether oxygens (including phenoxy) is 1. The number of aryl methyl sites for hydroxylation is 1. The number of nitrogens with one attached hydrogen (secondary N) is 1. The Bertz CT molecular complexity index is 568. The second kappa shape index (κ2) is 7.78. The van der Waals surface area contributed by atoms with Crippen LogP contribution in [-0.4, -0.2) is 22.9 Å². The van der Waals surface area contributed by atoms with E-state index in [1.54, 1.807) is 16.9 Å². The van der Waals surface area contributed by atoms with Gasteiger partial charge in [0.25, 0.3) is 0 Å². The van der Waals surface area contributed by atoms with Crippen LogP contribution in [0.25, 0.3) is 0 Å². The lowest BCUT2D eigenvalue weighted by atomic mass is 10.2. The van der Waals surface area contributed by atoms with E-state index in [9.17, 15) is 4.39 Å². The normalized spacial score (nSPS) is 10.8. The zero-order valence-electron chi connectivity index (χ0n) is 12.6. The fourth-order valence-corrected chi connectivity index (χ4v) is 2.06. The summed E-state index contributed by atoms with van der Waals surface area (Å²) in [5.41, 5.74) is 2.01. The third-order valence-electron chi connectivity index (χ3n) is 3.16. The van der Waals surface area contributed by atoms with Gasteiger partial charge in [-0.25, -0.2) is 4.39 Å². The predicted octanol–water partition coefficient (Wildman–Crippen LogP) is 2.68. The third kappa shape index (κ3) is 4.86. The molecule has 4 nitrogen and oxygen atoms in total. The van der Waals surface area contributed by atoms with E-state index in [1.165, 1.54) is 6.07 Å². The van der Waals surface area contributed by atoms with E-state index >= 15 is 0 Å². The maximum absolute atomic E-state index is 13.9. The number of hydrogen-bond donors (Lipinski definition) is 1. The molecule has 1 N–H and O–H groups in total. The van der Waals surface area contributed by atoms with Crippen molar-refractivity contribution in [2.24, 2.45) is 7.05 Å². The molecule has 1 aromatic heterocycles. The molecule has 0 bridgehead atoms. The Morgan fingerprint density at radius 3 is 2.86 bits per heavy atom. The number of aromatic nitrogens is 2. The van der Waals surface area contributed by atoms with Crippen molar-refractivity contribution >= 4 is 0 Å². The lowest BCUT2D eigenvalue weighted by molar-refractivity contribution is 0.305. The van der Waals surface area contributed by atoms with E-state index in [4.69, 9.17) is 4.74 Å². The van der Waals surface area contributed by atoms with E-state index in [-0.39, 0.29) is 5.82 Å². The van der Waals surface area contributed by atoms with Gasteiger partial charge in [-0.15, -0.1) is 0 Å². The lowest BCUT2D eigenvalue weighted by Crippen LogP contribution is -2.14. The summed E-state index contributed by atoms with van der Waals surface area (Å²) in [7, 11) is 1.87. The van der Waals surface area contributed by atoms with Crippen LogP contribution in [0, 0.1) is 5.82 Å². The maximum atomic E-state index is 13.9. The molecule has 21 heavy (non-hydrogen) atoms. The van der Waals surface area contributed by atoms with Gasteiger partial charge in [-0.05, 0) is 36.2 Å². The first-order valence-electron chi connectivity index (χ1n) is 7.28. The molecule has 2 aromatic rings. The van der Waals surface area contributed by atoms with Crippen molar-refractivity contribution in [3.8, 4) is 5.75 Å². The van der Waals surface area contributed by atoms with E-state index in [0.717, 1.165) is 24.1 Å². The molecule has 0 amide bonds. The molecule has 0 saturated carbocycles. The summed E-state index contributed by atoms with van der Waals surface area (Å²) >= 11 is 0. The first kappa shape index (κ1) is 15.5. The molecule has 0 fully saturated rings. The number of rotatable bonds is 8. The van der Waals surface area contributed by atoms with Crippen molar-refractivity contribution in [1.82, 2.24) is 15.1 Å². The summed E-state index contributed by atoms with van der Waals surface area (Å²) in [5.74, 6) is -0.00452. The second-order valence-corrected chi connectivity index (χ2v) is 5.06. The van der Waals surface area contributed by atoms with Crippen molar-refractivity contribution in [1.29, 1.82) is 0 Å². The zero-order chi connectivity index (χ0) is 15.1. The maximum Gasteiger partial charge on any atom is 0.165 e. The Balaban J connectivity index is 1.83. The minimum Gasteiger partial charge on any atom is -0.490 e. The molecule has 0 saturated heterocycles. The van der Waals surface area contributed by atoms with Gasteiger partial charge in [0, 0.05) is 26.2 Å². The second-order valence-electron chi connectivity index (χ2n) is 5.06. The van der Waals surface area contributed by atoms with E-state index < -0.39 is 0 Å². The summed E-state index contributed by atoms with van der Waals surface area (Å²) in [5, 5.41) is 7.34. The molecular weight excluding hydrogens is 269 g/mol. The SMILES string of the molecule is CCCNCc1ccc(OCCc2cnn(C)c2)c(F)c1. The first-order valence-corrected chi connectivity index (χ1v) is 7.28. The molecular formula is C16H22FN3O. The van der Waals surface area contributed by atoms with Gasteiger partial charge in [0.2, 0.25) is 0 Å². The summed E-state index contributed by atoms with van der Waals surface area (Å²) < 4.78 is 21.2. The smallest absolute Gasteiger partial charge is 0.165 e. The molecule has 1 heterocycles. The molecule has 2 rings (SSSR count). The monoisotopic (exact) mass is 291 g/mol. The van der Waals surface area contributed by atoms with Gasteiger partial charge in [0.1, 0.15) is 0 Å². The Labute approximate surface area is 124 Å². The fraction of sp³-hybridized carbons (Fsp3) is 0.438. The van der Waals surface area contributed by atoms with E-state index in [0.29, 0.717) is 25.3 Å². The van der Waals surface area contributed by atoms with Crippen LogP contribution in [-0.2, 0) is 20.0 Å². The van der Waals surface area contributed by atoms with Crippen LogP contribution < -0.4 is 10.1 Å². The number of benzene rings is 1. The molecule has 0 aliphatic carbocycles. The van der Waals surface area contributed by atoms with Gasteiger partial charge in [-0.2, -0.15) is 5.10 Å². The lowest BCUT2D eigenvalue weighted by Gasteiger charge is -2.09. The van der Waals surface area contributed by atoms with Gasteiger partial charge in [-0.1, -0.05) is 13.0 Å². The van der Waals surface area contributed by atoms with E-state index in [1.807, 2.05) is 19.3 Å². The molecule has 1 aromatic carbocycles. The molecule has 114 valence electrons. The van der Waals surface area contributed by atoms with Crippen molar-refractivity contribution in [3.63, 3.8) is 0 Å². The molecule has 0 radical (unpaired) electrons. The summed E-state index contributed by atoms with van der Waals surface area (Å²) in [6.45, 7) is 4.16. The summed E-state index contributed by atoms with van der Waals surface area (Å²) in [6.07, 6.45) is 5.51. The highest BCUT2D eigenvalue weighted by molar-refractivity contribution is 5.29. The third-order valence-corrected chi connectivity index (χ3v) is 3.16. The molecule has 0 spiro atoms. The fourth-order valence-electron chi connectivity index (χ4n) is 2.06.